The fourth-order valence-corrected chi connectivity index (χ4v) is 4.78. The number of benzene rings is 1. The second-order valence-electron chi connectivity index (χ2n) is 6.33. The third-order valence-corrected chi connectivity index (χ3v) is 6.60. The van der Waals surface area contributed by atoms with Crippen LogP contribution >= 0.6 is 0 Å². The number of rotatable bonds is 5. The number of nitrogens with zero attached hydrogens (tertiary/aromatic N) is 3. The zero-order chi connectivity index (χ0) is 18.9. The number of hydrogen-bond acceptors (Lipinski definition) is 5. The van der Waals surface area contributed by atoms with Gasteiger partial charge in [-0.05, 0) is 31.9 Å². The van der Waals surface area contributed by atoms with Gasteiger partial charge < -0.3 is 9.84 Å². The van der Waals surface area contributed by atoms with Gasteiger partial charge in [0.2, 0.25) is 10.0 Å². The van der Waals surface area contributed by atoms with E-state index in [0.717, 1.165) is 0 Å². The Hall–Kier alpha value is -2.39. The standard InChI is InChI=1S/C17H21N3O5S/c1-12-7-8-13(17(21)22)10-20(12)26(23,24)14-9-18-19(11-14)15-5-3-4-6-16(15)25-2/h3-6,9,11-13H,7-8,10H2,1-2H3,(H,21,22). The van der Waals surface area contributed by atoms with Crippen molar-refractivity contribution in [2.45, 2.75) is 30.7 Å². The van der Waals surface area contributed by atoms with Crippen LogP contribution in [0.15, 0.2) is 41.6 Å². The number of carboxylic acid groups (broad SMARTS) is 1. The van der Waals surface area contributed by atoms with E-state index in [1.807, 2.05) is 6.07 Å². The van der Waals surface area contributed by atoms with Crippen LogP contribution in [0.2, 0.25) is 0 Å². The van der Waals surface area contributed by atoms with E-state index in [1.54, 1.807) is 25.1 Å². The van der Waals surface area contributed by atoms with E-state index >= 15 is 0 Å². The summed E-state index contributed by atoms with van der Waals surface area (Å²) in [6.07, 6.45) is 3.68. The molecule has 1 aromatic carbocycles. The maximum atomic E-state index is 13.0. The number of aromatic nitrogens is 2. The number of methoxy groups -OCH3 is 1. The molecule has 9 heteroatoms. The molecule has 3 rings (SSSR count). The Morgan fingerprint density at radius 1 is 1.31 bits per heavy atom. The van der Waals surface area contributed by atoms with Crippen LogP contribution in [0, 0.1) is 5.92 Å². The number of sulfonamides is 1. The number of carbonyl (C=O) groups is 1. The average molecular weight is 379 g/mol. The van der Waals surface area contributed by atoms with E-state index < -0.39 is 21.9 Å². The van der Waals surface area contributed by atoms with Gasteiger partial charge in [0, 0.05) is 12.6 Å². The van der Waals surface area contributed by atoms with Crippen LogP contribution in [-0.2, 0) is 14.8 Å². The summed E-state index contributed by atoms with van der Waals surface area (Å²) in [7, 11) is -2.31. The molecule has 140 valence electrons. The zero-order valence-electron chi connectivity index (χ0n) is 14.6. The van der Waals surface area contributed by atoms with Crippen molar-refractivity contribution in [2.24, 2.45) is 5.92 Å². The highest BCUT2D eigenvalue weighted by Crippen LogP contribution is 2.29. The SMILES string of the molecule is COc1ccccc1-n1cc(S(=O)(=O)N2CC(C(=O)O)CCC2C)cn1. The smallest absolute Gasteiger partial charge is 0.307 e. The first-order valence-electron chi connectivity index (χ1n) is 8.27. The molecule has 0 radical (unpaired) electrons. The van der Waals surface area contributed by atoms with Gasteiger partial charge in [-0.2, -0.15) is 9.40 Å². The van der Waals surface area contributed by atoms with Gasteiger partial charge in [0.15, 0.2) is 0 Å². The van der Waals surface area contributed by atoms with Crippen LogP contribution in [0.4, 0.5) is 0 Å². The molecule has 0 bridgehead atoms. The van der Waals surface area contributed by atoms with Crippen LogP contribution in [0.1, 0.15) is 19.8 Å². The molecule has 1 saturated heterocycles. The molecule has 0 saturated carbocycles. The number of ether oxygens (including phenoxy) is 1. The monoisotopic (exact) mass is 379 g/mol. The van der Waals surface area contributed by atoms with Gasteiger partial charge in [-0.1, -0.05) is 12.1 Å². The maximum Gasteiger partial charge on any atom is 0.307 e. The van der Waals surface area contributed by atoms with Gasteiger partial charge in [-0.3, -0.25) is 4.79 Å². The number of para-hydroxylation sites is 2. The summed E-state index contributed by atoms with van der Waals surface area (Å²) >= 11 is 0. The molecule has 1 fully saturated rings. The lowest BCUT2D eigenvalue weighted by Gasteiger charge is -2.34. The fourth-order valence-electron chi connectivity index (χ4n) is 3.14. The molecule has 26 heavy (non-hydrogen) atoms. The summed E-state index contributed by atoms with van der Waals surface area (Å²) in [4.78, 5) is 11.3. The minimum Gasteiger partial charge on any atom is -0.494 e. The number of piperidine rings is 1. The molecule has 2 heterocycles. The quantitative estimate of drug-likeness (QED) is 0.849. The van der Waals surface area contributed by atoms with E-state index in [-0.39, 0.29) is 17.5 Å². The summed E-state index contributed by atoms with van der Waals surface area (Å²) in [5.74, 6) is -1.09. The van der Waals surface area contributed by atoms with Crippen LogP contribution in [0.5, 0.6) is 5.75 Å². The lowest BCUT2D eigenvalue weighted by atomic mass is 9.96. The largest absolute Gasteiger partial charge is 0.494 e. The minimum absolute atomic E-state index is 0.0290. The fraction of sp³-hybridized carbons (Fsp3) is 0.412. The molecular weight excluding hydrogens is 358 g/mol. The van der Waals surface area contributed by atoms with Gasteiger partial charge >= 0.3 is 5.97 Å². The predicted molar refractivity (Wildman–Crippen MR) is 93.8 cm³/mol. The highest BCUT2D eigenvalue weighted by Gasteiger charge is 2.38. The lowest BCUT2D eigenvalue weighted by molar-refractivity contribution is -0.143. The Kier molecular flexibility index (Phi) is 5.01. The molecule has 0 aliphatic carbocycles. The summed E-state index contributed by atoms with van der Waals surface area (Å²) in [6.45, 7) is 1.76. The third-order valence-electron chi connectivity index (χ3n) is 4.67. The van der Waals surface area contributed by atoms with Crippen molar-refractivity contribution in [3.8, 4) is 11.4 Å². The molecule has 0 spiro atoms. The van der Waals surface area contributed by atoms with Crippen molar-refractivity contribution in [3.63, 3.8) is 0 Å². The average Bonchev–Trinajstić information content (AvgIpc) is 3.12. The van der Waals surface area contributed by atoms with Crippen LogP contribution < -0.4 is 4.74 Å². The Labute approximate surface area is 152 Å². The van der Waals surface area contributed by atoms with Crippen molar-refractivity contribution in [2.75, 3.05) is 13.7 Å². The molecule has 2 atom stereocenters. The molecule has 2 unspecified atom stereocenters. The molecule has 1 aliphatic rings. The zero-order valence-corrected chi connectivity index (χ0v) is 15.4. The second kappa shape index (κ2) is 7.08. The van der Waals surface area contributed by atoms with Crippen LogP contribution in [0.25, 0.3) is 5.69 Å². The van der Waals surface area contributed by atoms with Crippen molar-refractivity contribution in [1.82, 2.24) is 14.1 Å². The van der Waals surface area contributed by atoms with Gasteiger partial charge in [0.05, 0.1) is 25.4 Å². The predicted octanol–water partition coefficient (Wildman–Crippen LogP) is 1.75. The van der Waals surface area contributed by atoms with Crippen LogP contribution in [-0.4, -0.2) is 53.3 Å². The Balaban J connectivity index is 1.93. The first-order valence-corrected chi connectivity index (χ1v) is 9.71. The normalized spacial score (nSPS) is 21.5. The lowest BCUT2D eigenvalue weighted by Crippen LogP contribution is -2.47. The highest BCUT2D eigenvalue weighted by atomic mass is 32.2. The Bertz CT molecular complexity index is 909. The van der Waals surface area contributed by atoms with E-state index in [0.29, 0.717) is 24.3 Å². The van der Waals surface area contributed by atoms with Crippen molar-refractivity contribution < 1.29 is 23.1 Å². The first-order chi connectivity index (χ1) is 12.3. The summed E-state index contributed by atoms with van der Waals surface area (Å²) in [6, 6.07) is 6.88. The molecule has 2 aromatic rings. The number of aliphatic carboxylic acids is 1. The maximum absolute atomic E-state index is 13.0. The van der Waals surface area contributed by atoms with Crippen molar-refractivity contribution in [3.05, 3.63) is 36.7 Å². The Morgan fingerprint density at radius 2 is 2.04 bits per heavy atom. The summed E-state index contributed by atoms with van der Waals surface area (Å²) < 4.78 is 34.0. The Morgan fingerprint density at radius 3 is 2.73 bits per heavy atom. The minimum atomic E-state index is -3.84. The highest BCUT2D eigenvalue weighted by molar-refractivity contribution is 7.89. The second-order valence-corrected chi connectivity index (χ2v) is 8.22. The number of hydrogen-bond donors (Lipinski definition) is 1. The van der Waals surface area contributed by atoms with Gasteiger partial charge in [-0.25, -0.2) is 13.1 Å². The van der Waals surface area contributed by atoms with Gasteiger partial charge in [-0.15, -0.1) is 0 Å². The summed E-state index contributed by atoms with van der Waals surface area (Å²) in [5.41, 5.74) is 0.617. The van der Waals surface area contributed by atoms with Crippen molar-refractivity contribution >= 4 is 16.0 Å². The van der Waals surface area contributed by atoms with Gasteiger partial charge in [0.25, 0.3) is 0 Å². The number of carboxylic acids is 1. The van der Waals surface area contributed by atoms with E-state index in [1.165, 1.54) is 28.5 Å². The van der Waals surface area contributed by atoms with Crippen molar-refractivity contribution in [1.29, 1.82) is 0 Å². The van der Waals surface area contributed by atoms with E-state index in [4.69, 9.17) is 4.74 Å². The van der Waals surface area contributed by atoms with Gasteiger partial charge in [0.1, 0.15) is 16.3 Å². The van der Waals surface area contributed by atoms with E-state index in [2.05, 4.69) is 5.10 Å². The molecule has 1 aliphatic heterocycles. The molecule has 1 aromatic heterocycles. The third kappa shape index (κ3) is 3.32. The summed E-state index contributed by atoms with van der Waals surface area (Å²) in [5, 5.41) is 13.4. The van der Waals surface area contributed by atoms with E-state index in [9.17, 15) is 18.3 Å². The first kappa shape index (κ1) is 18.4. The molecule has 8 nitrogen and oxygen atoms in total. The van der Waals surface area contributed by atoms with Crippen LogP contribution in [0.3, 0.4) is 0 Å². The molecule has 1 N–H and O–H groups in total. The topological polar surface area (TPSA) is 102 Å². The molecular formula is C17H21N3O5S. The molecule has 0 amide bonds.